The van der Waals surface area contributed by atoms with Crippen molar-refractivity contribution in [1.29, 1.82) is 0 Å². The van der Waals surface area contributed by atoms with Gasteiger partial charge in [0.25, 0.3) is 5.89 Å². The Kier molecular flexibility index (Phi) is 5.77. The number of aromatic nitrogens is 2. The molecule has 1 aromatic heterocycles. The number of hydrogen-bond donors (Lipinski definition) is 0. The van der Waals surface area contributed by atoms with E-state index in [1.54, 1.807) is 0 Å². The lowest BCUT2D eigenvalue weighted by Crippen LogP contribution is -2.10. The highest BCUT2D eigenvalue weighted by molar-refractivity contribution is 5.72. The number of hydrogen-bond acceptors (Lipinski definition) is 5. The van der Waals surface area contributed by atoms with Crippen molar-refractivity contribution in [2.45, 2.75) is 32.5 Å². The second-order valence-corrected chi connectivity index (χ2v) is 6.10. The second kappa shape index (κ2) is 8.24. The van der Waals surface area contributed by atoms with Crippen molar-refractivity contribution >= 4 is 5.97 Å². The predicted molar refractivity (Wildman–Crippen MR) is 94.1 cm³/mol. The first-order valence-electron chi connectivity index (χ1n) is 8.59. The minimum Gasteiger partial charge on any atom is -0.455 e. The highest BCUT2D eigenvalue weighted by atomic mass is 19.4. The number of esters is 1. The van der Waals surface area contributed by atoms with E-state index in [4.69, 9.17) is 9.26 Å². The molecule has 0 N–H and O–H groups in total. The summed E-state index contributed by atoms with van der Waals surface area (Å²) in [5.74, 6) is -0.218. The number of ether oxygens (including phenoxy) is 1. The molecule has 0 saturated carbocycles. The number of halogens is 3. The monoisotopic (exact) mass is 390 g/mol. The molecule has 0 aliphatic rings. The molecule has 0 atom stereocenters. The minimum absolute atomic E-state index is 0.104. The Hall–Kier alpha value is -3.16. The molecule has 28 heavy (non-hydrogen) atoms. The third-order valence-corrected chi connectivity index (χ3v) is 4.05. The molecule has 0 fully saturated rings. The Morgan fingerprint density at radius 1 is 1.11 bits per heavy atom. The largest absolute Gasteiger partial charge is 0.455 e. The van der Waals surface area contributed by atoms with Gasteiger partial charge in [0.1, 0.15) is 0 Å². The molecule has 0 unspecified atom stereocenters. The summed E-state index contributed by atoms with van der Waals surface area (Å²) in [5, 5.41) is 3.84. The predicted octanol–water partition coefficient (Wildman–Crippen LogP) is 4.60. The van der Waals surface area contributed by atoms with Crippen LogP contribution in [0.3, 0.4) is 0 Å². The Bertz CT molecular complexity index is 950. The van der Waals surface area contributed by atoms with Gasteiger partial charge in [0.05, 0.1) is 12.0 Å². The average Bonchev–Trinajstić information content (AvgIpc) is 3.15. The normalized spacial score (nSPS) is 11.4. The maximum atomic E-state index is 12.7. The zero-order valence-electron chi connectivity index (χ0n) is 15.0. The molecule has 0 radical (unpaired) electrons. The van der Waals surface area contributed by atoms with Crippen LogP contribution in [0.2, 0.25) is 0 Å². The van der Waals surface area contributed by atoms with E-state index in [9.17, 15) is 18.0 Å². The SMILES string of the molecule is CCc1ccc(-c2noc(COC(=O)Cc3cccc(C(F)(F)F)c3)n2)cc1. The maximum absolute atomic E-state index is 12.7. The Morgan fingerprint density at radius 3 is 2.54 bits per heavy atom. The number of alkyl halides is 3. The molecule has 8 heteroatoms. The standard InChI is InChI=1S/C20H17F3N2O3/c1-2-13-6-8-15(9-7-13)19-24-17(28-25-19)12-27-18(26)11-14-4-3-5-16(10-14)20(21,22)23/h3-10H,2,11-12H2,1H3. The van der Waals surface area contributed by atoms with Gasteiger partial charge in [0.2, 0.25) is 5.82 Å². The third-order valence-electron chi connectivity index (χ3n) is 4.05. The van der Waals surface area contributed by atoms with Crippen molar-refractivity contribution in [3.63, 3.8) is 0 Å². The van der Waals surface area contributed by atoms with Gasteiger partial charge in [-0.15, -0.1) is 0 Å². The van der Waals surface area contributed by atoms with Crippen LogP contribution in [0.4, 0.5) is 13.2 Å². The lowest BCUT2D eigenvalue weighted by atomic mass is 10.1. The first-order chi connectivity index (χ1) is 13.3. The molecule has 0 bridgehead atoms. The summed E-state index contributed by atoms with van der Waals surface area (Å²) in [7, 11) is 0. The summed E-state index contributed by atoms with van der Waals surface area (Å²) in [6.07, 6.45) is -3.83. The van der Waals surface area contributed by atoms with Crippen LogP contribution >= 0.6 is 0 Å². The van der Waals surface area contributed by atoms with Gasteiger partial charge in [-0.25, -0.2) is 0 Å². The Morgan fingerprint density at radius 2 is 1.86 bits per heavy atom. The summed E-state index contributed by atoms with van der Waals surface area (Å²) in [5.41, 5.74) is 1.34. The molecular weight excluding hydrogens is 373 g/mol. The van der Waals surface area contributed by atoms with E-state index in [0.29, 0.717) is 5.82 Å². The molecule has 0 spiro atoms. The summed E-state index contributed by atoms with van der Waals surface area (Å²) in [6, 6.07) is 12.2. The molecule has 0 amide bonds. The lowest BCUT2D eigenvalue weighted by Gasteiger charge is -2.08. The number of carbonyl (C=O) groups is 1. The summed E-state index contributed by atoms with van der Waals surface area (Å²) >= 11 is 0. The zero-order valence-corrected chi connectivity index (χ0v) is 15.0. The van der Waals surface area contributed by atoms with E-state index in [1.807, 2.05) is 24.3 Å². The highest BCUT2D eigenvalue weighted by Crippen LogP contribution is 2.29. The van der Waals surface area contributed by atoms with Crippen molar-refractivity contribution in [2.24, 2.45) is 0 Å². The van der Waals surface area contributed by atoms with Crippen molar-refractivity contribution in [3.8, 4) is 11.4 Å². The van der Waals surface area contributed by atoms with Crippen molar-refractivity contribution in [2.75, 3.05) is 0 Å². The van der Waals surface area contributed by atoms with Gasteiger partial charge in [-0.2, -0.15) is 18.2 Å². The molecule has 2 aromatic carbocycles. The highest BCUT2D eigenvalue weighted by Gasteiger charge is 2.30. The fourth-order valence-corrected chi connectivity index (χ4v) is 2.54. The molecule has 0 saturated heterocycles. The van der Waals surface area contributed by atoms with Crippen LogP contribution in [0.25, 0.3) is 11.4 Å². The molecule has 5 nitrogen and oxygen atoms in total. The van der Waals surface area contributed by atoms with Gasteiger partial charge in [-0.05, 0) is 23.6 Å². The van der Waals surface area contributed by atoms with Crippen LogP contribution in [0, 0.1) is 0 Å². The van der Waals surface area contributed by atoms with Gasteiger partial charge in [0, 0.05) is 5.56 Å². The first kappa shape index (κ1) is 19.6. The second-order valence-electron chi connectivity index (χ2n) is 6.10. The van der Waals surface area contributed by atoms with Crippen molar-refractivity contribution < 1.29 is 27.2 Å². The van der Waals surface area contributed by atoms with Crippen LogP contribution in [-0.4, -0.2) is 16.1 Å². The molecule has 3 aromatic rings. The number of carbonyl (C=O) groups excluding carboxylic acids is 1. The van der Waals surface area contributed by atoms with Gasteiger partial charge < -0.3 is 9.26 Å². The van der Waals surface area contributed by atoms with Gasteiger partial charge >= 0.3 is 12.1 Å². The van der Waals surface area contributed by atoms with Crippen LogP contribution < -0.4 is 0 Å². The van der Waals surface area contributed by atoms with Crippen molar-refractivity contribution in [1.82, 2.24) is 10.1 Å². The van der Waals surface area contributed by atoms with E-state index >= 15 is 0 Å². The number of nitrogens with zero attached hydrogens (tertiary/aromatic N) is 2. The molecule has 0 aliphatic carbocycles. The first-order valence-corrected chi connectivity index (χ1v) is 8.59. The van der Waals surface area contributed by atoms with E-state index in [0.717, 1.165) is 24.1 Å². The van der Waals surface area contributed by atoms with Gasteiger partial charge in [0.15, 0.2) is 6.61 Å². The fraction of sp³-hybridized carbons (Fsp3) is 0.250. The third kappa shape index (κ3) is 4.97. The topological polar surface area (TPSA) is 65.2 Å². The molecule has 1 heterocycles. The van der Waals surface area contributed by atoms with E-state index in [-0.39, 0.29) is 24.5 Å². The lowest BCUT2D eigenvalue weighted by molar-refractivity contribution is -0.145. The minimum atomic E-state index is -4.46. The zero-order chi connectivity index (χ0) is 20.1. The maximum Gasteiger partial charge on any atom is 0.416 e. The molecule has 146 valence electrons. The Balaban J connectivity index is 1.57. The molecule has 3 rings (SSSR count). The van der Waals surface area contributed by atoms with Crippen LogP contribution in [-0.2, 0) is 35.2 Å². The van der Waals surface area contributed by atoms with E-state index in [1.165, 1.54) is 17.7 Å². The summed E-state index contributed by atoms with van der Waals surface area (Å²) in [4.78, 5) is 16.1. The van der Waals surface area contributed by atoms with Gasteiger partial charge in [-0.3, -0.25) is 4.79 Å². The fourth-order valence-electron chi connectivity index (χ4n) is 2.54. The quantitative estimate of drug-likeness (QED) is 0.576. The van der Waals surface area contributed by atoms with Crippen molar-refractivity contribution in [3.05, 3.63) is 71.1 Å². The Labute approximate surface area is 159 Å². The van der Waals surface area contributed by atoms with Crippen LogP contribution in [0.1, 0.15) is 29.5 Å². The van der Waals surface area contributed by atoms with Gasteiger partial charge in [-0.1, -0.05) is 54.5 Å². The molecule has 0 aliphatic heterocycles. The number of aryl methyl sites for hydroxylation is 1. The molecular formula is C20H17F3N2O3. The summed E-state index contributed by atoms with van der Waals surface area (Å²) in [6.45, 7) is 1.80. The smallest absolute Gasteiger partial charge is 0.416 e. The van der Waals surface area contributed by atoms with Crippen LogP contribution in [0.5, 0.6) is 0 Å². The average molecular weight is 390 g/mol. The van der Waals surface area contributed by atoms with E-state index in [2.05, 4.69) is 17.1 Å². The summed E-state index contributed by atoms with van der Waals surface area (Å²) < 4.78 is 48.2. The number of rotatable bonds is 6. The number of benzene rings is 2. The van der Waals surface area contributed by atoms with E-state index < -0.39 is 17.7 Å². The van der Waals surface area contributed by atoms with Crippen LogP contribution in [0.15, 0.2) is 53.1 Å².